The molecule has 0 saturated carbocycles. The SMILES string of the molecule is CC1CCN(C(N)=NCC(C(C)C)N2CCOCC2)CC1. The predicted octanol–water partition coefficient (Wildman–Crippen LogP) is 1.39. The molecule has 2 aliphatic heterocycles. The first-order valence-corrected chi connectivity index (χ1v) is 8.44. The summed E-state index contributed by atoms with van der Waals surface area (Å²) in [5.74, 6) is 2.15. The molecular weight excluding hydrogens is 264 g/mol. The topological polar surface area (TPSA) is 54.1 Å². The van der Waals surface area contributed by atoms with Crippen molar-refractivity contribution in [2.45, 2.75) is 39.7 Å². The Morgan fingerprint density at radius 3 is 2.38 bits per heavy atom. The average molecular weight is 296 g/mol. The maximum atomic E-state index is 6.20. The Kier molecular flexibility index (Phi) is 6.30. The number of morpholine rings is 1. The second-order valence-corrected chi connectivity index (χ2v) is 6.83. The third kappa shape index (κ3) is 4.85. The molecule has 2 aliphatic rings. The van der Waals surface area contributed by atoms with Gasteiger partial charge in [-0.25, -0.2) is 0 Å². The number of guanidine groups is 1. The first-order valence-electron chi connectivity index (χ1n) is 8.44. The van der Waals surface area contributed by atoms with E-state index in [0.717, 1.165) is 57.8 Å². The molecule has 2 rings (SSSR count). The molecule has 1 unspecified atom stereocenters. The number of ether oxygens (including phenoxy) is 1. The largest absolute Gasteiger partial charge is 0.379 e. The third-order valence-corrected chi connectivity index (χ3v) is 4.83. The minimum atomic E-state index is 0.469. The van der Waals surface area contributed by atoms with E-state index in [9.17, 15) is 0 Å². The highest BCUT2D eigenvalue weighted by molar-refractivity contribution is 5.78. The summed E-state index contributed by atoms with van der Waals surface area (Å²) < 4.78 is 5.45. The lowest BCUT2D eigenvalue weighted by molar-refractivity contribution is 0.00863. The molecule has 0 aliphatic carbocycles. The molecule has 0 aromatic rings. The average Bonchev–Trinajstić information content (AvgIpc) is 2.48. The third-order valence-electron chi connectivity index (χ3n) is 4.83. The highest BCUT2D eigenvalue weighted by Gasteiger charge is 2.24. The van der Waals surface area contributed by atoms with Gasteiger partial charge in [0.05, 0.1) is 19.8 Å². The monoisotopic (exact) mass is 296 g/mol. The molecule has 0 aromatic carbocycles. The molecule has 122 valence electrons. The Labute approximate surface area is 129 Å². The fraction of sp³-hybridized carbons (Fsp3) is 0.938. The summed E-state index contributed by atoms with van der Waals surface area (Å²) >= 11 is 0. The molecule has 2 fully saturated rings. The molecule has 0 spiro atoms. The van der Waals surface area contributed by atoms with Crippen LogP contribution in [0.1, 0.15) is 33.6 Å². The van der Waals surface area contributed by atoms with Crippen molar-refractivity contribution in [1.82, 2.24) is 9.80 Å². The van der Waals surface area contributed by atoms with Gasteiger partial charge in [-0.2, -0.15) is 0 Å². The zero-order chi connectivity index (χ0) is 15.2. The number of nitrogens with zero attached hydrogens (tertiary/aromatic N) is 3. The van der Waals surface area contributed by atoms with Gasteiger partial charge in [0.1, 0.15) is 0 Å². The van der Waals surface area contributed by atoms with Crippen LogP contribution in [0, 0.1) is 11.8 Å². The summed E-state index contributed by atoms with van der Waals surface area (Å²) in [5, 5.41) is 0. The second kappa shape index (κ2) is 7.99. The lowest BCUT2D eigenvalue weighted by atomic mass is 9.99. The van der Waals surface area contributed by atoms with Crippen LogP contribution in [-0.4, -0.2) is 67.7 Å². The number of piperidine rings is 1. The number of likely N-dealkylation sites (tertiary alicyclic amines) is 1. The van der Waals surface area contributed by atoms with Gasteiger partial charge in [-0.05, 0) is 24.7 Å². The van der Waals surface area contributed by atoms with Gasteiger partial charge in [-0.3, -0.25) is 9.89 Å². The predicted molar refractivity (Wildman–Crippen MR) is 87.5 cm³/mol. The van der Waals surface area contributed by atoms with Crippen molar-refractivity contribution in [3.05, 3.63) is 0 Å². The van der Waals surface area contributed by atoms with Crippen molar-refractivity contribution in [2.24, 2.45) is 22.6 Å². The summed E-state index contributed by atoms with van der Waals surface area (Å²) in [6.07, 6.45) is 2.46. The van der Waals surface area contributed by atoms with Gasteiger partial charge in [0.25, 0.3) is 0 Å². The number of hydrogen-bond donors (Lipinski definition) is 1. The van der Waals surface area contributed by atoms with E-state index < -0.39 is 0 Å². The van der Waals surface area contributed by atoms with E-state index in [0.29, 0.717) is 12.0 Å². The molecule has 0 amide bonds. The molecule has 0 radical (unpaired) electrons. The van der Waals surface area contributed by atoms with Crippen molar-refractivity contribution < 1.29 is 4.74 Å². The Morgan fingerprint density at radius 2 is 1.81 bits per heavy atom. The van der Waals surface area contributed by atoms with Crippen LogP contribution in [-0.2, 0) is 4.74 Å². The van der Waals surface area contributed by atoms with Gasteiger partial charge in [0, 0.05) is 32.2 Å². The summed E-state index contributed by atoms with van der Waals surface area (Å²) in [7, 11) is 0. The van der Waals surface area contributed by atoms with Crippen LogP contribution in [0.4, 0.5) is 0 Å². The number of aliphatic imine (C=N–C) groups is 1. The zero-order valence-electron chi connectivity index (χ0n) is 13.9. The maximum absolute atomic E-state index is 6.20. The van der Waals surface area contributed by atoms with Gasteiger partial charge in [0.2, 0.25) is 0 Å². The van der Waals surface area contributed by atoms with Crippen molar-refractivity contribution in [2.75, 3.05) is 45.9 Å². The highest BCUT2D eigenvalue weighted by atomic mass is 16.5. The summed E-state index contributed by atoms with van der Waals surface area (Å²) in [6, 6.07) is 0.469. The van der Waals surface area contributed by atoms with Crippen LogP contribution < -0.4 is 5.73 Å². The van der Waals surface area contributed by atoms with Crippen LogP contribution in [0.15, 0.2) is 4.99 Å². The van der Waals surface area contributed by atoms with Gasteiger partial charge in [0.15, 0.2) is 5.96 Å². The van der Waals surface area contributed by atoms with Crippen molar-refractivity contribution in [1.29, 1.82) is 0 Å². The van der Waals surface area contributed by atoms with E-state index in [1.54, 1.807) is 0 Å². The molecule has 2 N–H and O–H groups in total. The van der Waals surface area contributed by atoms with Crippen molar-refractivity contribution in [3.63, 3.8) is 0 Å². The smallest absolute Gasteiger partial charge is 0.191 e. The standard InChI is InChI=1S/C16H32N4O/c1-13(2)15(19-8-10-21-11-9-19)12-18-16(17)20-6-4-14(3)5-7-20/h13-15H,4-12H2,1-3H3,(H2,17,18). The molecule has 1 atom stereocenters. The van der Waals surface area contributed by atoms with Gasteiger partial charge >= 0.3 is 0 Å². The van der Waals surface area contributed by atoms with E-state index in [1.807, 2.05) is 0 Å². The minimum absolute atomic E-state index is 0.469. The summed E-state index contributed by atoms with van der Waals surface area (Å²) in [6.45, 7) is 13.5. The van der Waals surface area contributed by atoms with E-state index in [4.69, 9.17) is 15.5 Å². The normalized spacial score (nSPS) is 24.6. The Bertz CT molecular complexity index is 331. The zero-order valence-corrected chi connectivity index (χ0v) is 13.9. The van der Waals surface area contributed by atoms with E-state index in [2.05, 4.69) is 30.6 Å². The first kappa shape index (κ1) is 16.6. The number of hydrogen-bond acceptors (Lipinski definition) is 3. The number of nitrogens with two attached hydrogens (primary N) is 1. The molecule has 0 bridgehead atoms. The van der Waals surface area contributed by atoms with Crippen molar-refractivity contribution in [3.8, 4) is 0 Å². The molecule has 5 heteroatoms. The van der Waals surface area contributed by atoms with E-state index in [1.165, 1.54) is 12.8 Å². The molecule has 21 heavy (non-hydrogen) atoms. The molecular formula is C16H32N4O. The second-order valence-electron chi connectivity index (χ2n) is 6.83. The van der Waals surface area contributed by atoms with Gasteiger partial charge in [-0.1, -0.05) is 20.8 Å². The molecule has 0 aromatic heterocycles. The fourth-order valence-corrected chi connectivity index (χ4v) is 3.18. The maximum Gasteiger partial charge on any atom is 0.191 e. The van der Waals surface area contributed by atoms with Crippen LogP contribution in [0.3, 0.4) is 0 Å². The quantitative estimate of drug-likeness (QED) is 0.629. The first-order chi connectivity index (χ1) is 10.1. The minimum Gasteiger partial charge on any atom is -0.379 e. The molecule has 2 heterocycles. The highest BCUT2D eigenvalue weighted by Crippen LogP contribution is 2.16. The van der Waals surface area contributed by atoms with Crippen LogP contribution in [0.5, 0.6) is 0 Å². The van der Waals surface area contributed by atoms with Crippen LogP contribution in [0.2, 0.25) is 0 Å². The Balaban J connectivity index is 1.88. The van der Waals surface area contributed by atoms with Crippen LogP contribution in [0.25, 0.3) is 0 Å². The van der Waals surface area contributed by atoms with E-state index in [-0.39, 0.29) is 0 Å². The summed E-state index contributed by atoms with van der Waals surface area (Å²) in [4.78, 5) is 9.46. The van der Waals surface area contributed by atoms with Gasteiger partial charge in [-0.15, -0.1) is 0 Å². The molecule has 5 nitrogen and oxygen atoms in total. The number of rotatable bonds is 4. The lowest BCUT2D eigenvalue weighted by Gasteiger charge is -2.36. The van der Waals surface area contributed by atoms with Crippen LogP contribution >= 0.6 is 0 Å². The van der Waals surface area contributed by atoms with Crippen molar-refractivity contribution >= 4 is 5.96 Å². The lowest BCUT2D eigenvalue weighted by Crippen LogP contribution is -2.48. The Hall–Kier alpha value is -0.810. The fourth-order valence-electron chi connectivity index (χ4n) is 3.18. The van der Waals surface area contributed by atoms with E-state index >= 15 is 0 Å². The summed E-state index contributed by atoms with van der Waals surface area (Å²) in [5.41, 5.74) is 6.20. The molecule has 2 saturated heterocycles. The Morgan fingerprint density at radius 1 is 1.19 bits per heavy atom. The van der Waals surface area contributed by atoms with Gasteiger partial charge < -0.3 is 15.4 Å².